The molecule has 2 saturated heterocycles. The van der Waals surface area contributed by atoms with E-state index in [2.05, 4.69) is 20.1 Å². The number of carboxylic acid groups (broad SMARTS) is 1. The molecule has 5 rings (SSSR count). The Labute approximate surface area is 260 Å². The summed E-state index contributed by atoms with van der Waals surface area (Å²) in [5, 5.41) is 13.2. The van der Waals surface area contributed by atoms with Crippen molar-refractivity contribution in [2.45, 2.75) is 44.8 Å². The van der Waals surface area contributed by atoms with Gasteiger partial charge in [-0.2, -0.15) is 0 Å². The molecule has 244 valence electrons. The normalized spacial score (nSPS) is 18.2. The number of piperidine rings is 1. The summed E-state index contributed by atoms with van der Waals surface area (Å²) in [6.07, 6.45) is 2.01. The molecule has 3 heterocycles. The van der Waals surface area contributed by atoms with Gasteiger partial charge in [0.25, 0.3) is 0 Å². The summed E-state index contributed by atoms with van der Waals surface area (Å²) >= 11 is 0. The molecule has 0 unspecified atom stereocenters. The predicted octanol–water partition coefficient (Wildman–Crippen LogP) is 5.95. The smallest absolute Gasteiger partial charge is 0.303 e. The zero-order valence-corrected chi connectivity index (χ0v) is 25.5. The van der Waals surface area contributed by atoms with Gasteiger partial charge in [0.2, 0.25) is 0 Å². The van der Waals surface area contributed by atoms with E-state index in [1.54, 1.807) is 19.4 Å². The molecule has 45 heavy (non-hydrogen) atoms. The summed E-state index contributed by atoms with van der Waals surface area (Å²) < 4.78 is 68.5. The summed E-state index contributed by atoms with van der Waals surface area (Å²) in [6.45, 7) is 5.14. The SMILES string of the molecule is COc1ccc2ncc(CN3CCOCC3)c([C@@H](F)CCC3(CC(=O)O)CCN(CCNc4cc(F)cc(F)c4F)CC3)c2c1. The molecule has 2 aliphatic rings. The Morgan fingerprint density at radius 3 is 2.58 bits per heavy atom. The summed E-state index contributed by atoms with van der Waals surface area (Å²) in [7, 11) is 1.57. The number of aromatic nitrogens is 1. The van der Waals surface area contributed by atoms with Gasteiger partial charge in [0.1, 0.15) is 17.7 Å². The number of halogens is 4. The first-order valence-corrected chi connectivity index (χ1v) is 15.4. The molecular weight excluding hydrogens is 592 g/mol. The van der Waals surface area contributed by atoms with Gasteiger partial charge in [-0.25, -0.2) is 17.6 Å². The minimum atomic E-state index is -1.34. The number of fused-ring (bicyclic) bond motifs is 1. The monoisotopic (exact) mass is 632 g/mol. The third kappa shape index (κ3) is 8.22. The maximum Gasteiger partial charge on any atom is 0.303 e. The topological polar surface area (TPSA) is 87.2 Å². The van der Waals surface area contributed by atoms with Crippen molar-refractivity contribution < 1.29 is 36.9 Å². The van der Waals surface area contributed by atoms with E-state index in [0.29, 0.717) is 86.9 Å². The van der Waals surface area contributed by atoms with E-state index in [0.717, 1.165) is 24.7 Å². The van der Waals surface area contributed by atoms with Crippen LogP contribution in [0.2, 0.25) is 0 Å². The van der Waals surface area contributed by atoms with Gasteiger partial charge in [-0.3, -0.25) is 14.7 Å². The number of pyridine rings is 1. The highest BCUT2D eigenvalue weighted by molar-refractivity contribution is 5.85. The second kappa shape index (κ2) is 14.7. The van der Waals surface area contributed by atoms with Crippen LogP contribution in [0.15, 0.2) is 36.5 Å². The Morgan fingerprint density at radius 2 is 1.87 bits per heavy atom. The van der Waals surface area contributed by atoms with Crippen molar-refractivity contribution >= 4 is 22.6 Å². The maximum atomic E-state index is 16.5. The number of anilines is 1. The van der Waals surface area contributed by atoms with Crippen LogP contribution in [0, 0.1) is 22.9 Å². The van der Waals surface area contributed by atoms with Crippen LogP contribution in [0.5, 0.6) is 5.75 Å². The lowest BCUT2D eigenvalue weighted by molar-refractivity contribution is -0.141. The van der Waals surface area contributed by atoms with Crippen molar-refractivity contribution in [3.05, 3.63) is 65.1 Å². The number of benzene rings is 2. The van der Waals surface area contributed by atoms with Crippen molar-refractivity contribution in [1.82, 2.24) is 14.8 Å². The first-order chi connectivity index (χ1) is 21.7. The van der Waals surface area contributed by atoms with Crippen LogP contribution >= 0.6 is 0 Å². The lowest BCUT2D eigenvalue weighted by atomic mass is 9.71. The Balaban J connectivity index is 1.27. The third-order valence-electron chi connectivity index (χ3n) is 9.12. The summed E-state index contributed by atoms with van der Waals surface area (Å²) in [5.41, 5.74) is 1.22. The van der Waals surface area contributed by atoms with E-state index >= 15 is 4.39 Å². The summed E-state index contributed by atoms with van der Waals surface area (Å²) in [6, 6.07) is 6.84. The van der Waals surface area contributed by atoms with Gasteiger partial charge < -0.3 is 24.8 Å². The lowest BCUT2D eigenvalue weighted by Crippen LogP contribution is -2.43. The van der Waals surface area contributed by atoms with E-state index < -0.39 is 35.0 Å². The van der Waals surface area contributed by atoms with Crippen molar-refractivity contribution in [3.8, 4) is 5.75 Å². The molecule has 2 aliphatic heterocycles. The first-order valence-electron chi connectivity index (χ1n) is 15.4. The predicted molar refractivity (Wildman–Crippen MR) is 163 cm³/mol. The minimum absolute atomic E-state index is 0.0643. The van der Waals surface area contributed by atoms with Gasteiger partial charge >= 0.3 is 5.97 Å². The summed E-state index contributed by atoms with van der Waals surface area (Å²) in [5.74, 6) is -3.57. The van der Waals surface area contributed by atoms with Gasteiger partial charge in [-0.05, 0) is 68.0 Å². The van der Waals surface area contributed by atoms with Gasteiger partial charge in [0, 0.05) is 62.0 Å². The van der Waals surface area contributed by atoms with Crippen LogP contribution in [0.3, 0.4) is 0 Å². The van der Waals surface area contributed by atoms with Gasteiger partial charge in [-0.1, -0.05) is 0 Å². The highest BCUT2D eigenvalue weighted by atomic mass is 19.2. The fourth-order valence-corrected chi connectivity index (χ4v) is 6.55. The van der Waals surface area contributed by atoms with E-state index in [9.17, 15) is 23.1 Å². The Kier molecular flexibility index (Phi) is 10.8. The van der Waals surface area contributed by atoms with Crippen LogP contribution in [-0.4, -0.2) is 85.5 Å². The molecule has 12 heteroatoms. The molecule has 8 nitrogen and oxygen atoms in total. The first kappa shape index (κ1) is 32.9. The van der Waals surface area contributed by atoms with E-state index in [-0.39, 0.29) is 25.1 Å². The quantitative estimate of drug-likeness (QED) is 0.177. The van der Waals surface area contributed by atoms with E-state index in [1.807, 2.05) is 12.1 Å². The Morgan fingerprint density at radius 1 is 1.11 bits per heavy atom. The molecule has 0 radical (unpaired) electrons. The van der Waals surface area contributed by atoms with Gasteiger partial charge in [-0.15, -0.1) is 0 Å². The molecule has 1 aromatic heterocycles. The number of nitrogens with one attached hydrogen (secondary N) is 1. The molecule has 2 aromatic carbocycles. The minimum Gasteiger partial charge on any atom is -0.497 e. The van der Waals surface area contributed by atoms with Crippen LogP contribution in [0.1, 0.15) is 49.4 Å². The van der Waals surface area contributed by atoms with Crippen molar-refractivity contribution in [3.63, 3.8) is 0 Å². The largest absolute Gasteiger partial charge is 0.497 e. The fraction of sp³-hybridized carbons (Fsp3) is 0.515. The lowest BCUT2D eigenvalue weighted by Gasteiger charge is -2.41. The molecule has 2 N–H and O–H groups in total. The van der Waals surface area contributed by atoms with Crippen molar-refractivity contribution in [2.24, 2.45) is 5.41 Å². The molecule has 0 saturated carbocycles. The number of likely N-dealkylation sites (tertiary alicyclic amines) is 1. The van der Waals surface area contributed by atoms with E-state index in [4.69, 9.17) is 9.47 Å². The molecule has 0 spiro atoms. The number of ether oxygens (including phenoxy) is 2. The number of morpholine rings is 1. The number of alkyl halides is 1. The number of aliphatic carboxylic acids is 1. The van der Waals surface area contributed by atoms with Crippen LogP contribution in [-0.2, 0) is 16.1 Å². The van der Waals surface area contributed by atoms with Crippen LogP contribution in [0.4, 0.5) is 23.2 Å². The van der Waals surface area contributed by atoms with Gasteiger partial charge in [0.05, 0.1) is 37.9 Å². The van der Waals surface area contributed by atoms with E-state index in [1.165, 1.54) is 0 Å². The number of methoxy groups -OCH3 is 1. The number of carboxylic acids is 1. The standard InChI is InChI=1S/C33H40F4N4O4/c1-44-24-2-3-28-25(18-24)31(22(20-39-28)21-41-12-14-45-15-13-41)26(35)4-5-33(19-30(42)43)6-9-40(10-7-33)11-8-38-29-17-23(34)16-27(36)32(29)37/h2-3,16-18,20,26,38H,4-15,19,21H2,1H3,(H,42,43)/t26-/m0/s1. The second-order valence-electron chi connectivity index (χ2n) is 12.1. The van der Waals surface area contributed by atoms with Crippen molar-refractivity contribution in [1.29, 1.82) is 0 Å². The Hall–Kier alpha value is -3.48. The summed E-state index contributed by atoms with van der Waals surface area (Å²) in [4.78, 5) is 20.9. The second-order valence-corrected chi connectivity index (χ2v) is 12.1. The molecular formula is C33H40F4N4O4. The average Bonchev–Trinajstić information content (AvgIpc) is 3.03. The molecule has 0 aliphatic carbocycles. The number of carbonyl (C=O) groups is 1. The molecule has 3 aromatic rings. The highest BCUT2D eigenvalue weighted by Gasteiger charge is 2.37. The molecule has 2 fully saturated rings. The molecule has 0 amide bonds. The van der Waals surface area contributed by atoms with Crippen LogP contribution < -0.4 is 10.1 Å². The number of hydrogen-bond donors (Lipinski definition) is 2. The molecule has 1 atom stereocenters. The molecule has 0 bridgehead atoms. The Bertz CT molecular complexity index is 1480. The zero-order chi connectivity index (χ0) is 32.0. The number of hydrogen-bond acceptors (Lipinski definition) is 7. The maximum absolute atomic E-state index is 16.5. The average molecular weight is 633 g/mol. The number of nitrogens with zero attached hydrogens (tertiary/aromatic N) is 3. The fourth-order valence-electron chi connectivity index (χ4n) is 6.55. The van der Waals surface area contributed by atoms with Gasteiger partial charge in [0.15, 0.2) is 11.6 Å². The van der Waals surface area contributed by atoms with Crippen LogP contribution in [0.25, 0.3) is 10.9 Å². The van der Waals surface area contributed by atoms with Crippen molar-refractivity contribution in [2.75, 3.05) is 64.9 Å². The third-order valence-corrected chi connectivity index (χ3v) is 9.12. The highest BCUT2D eigenvalue weighted by Crippen LogP contribution is 2.43. The number of rotatable bonds is 13. The zero-order valence-electron chi connectivity index (χ0n) is 25.5.